The van der Waals surface area contributed by atoms with Crippen LogP contribution in [0, 0.1) is 0 Å². The van der Waals surface area contributed by atoms with E-state index in [0.717, 1.165) is 16.8 Å². The highest BCUT2D eigenvalue weighted by Crippen LogP contribution is 2.41. The van der Waals surface area contributed by atoms with E-state index in [1.165, 1.54) is 4.90 Å². The topological polar surface area (TPSA) is 41.6 Å². The molecule has 0 aliphatic carbocycles. The van der Waals surface area contributed by atoms with Crippen LogP contribution in [0.3, 0.4) is 0 Å². The second-order valence-corrected chi connectivity index (χ2v) is 9.50. The molecule has 1 N–H and O–H groups in total. The predicted octanol–water partition coefficient (Wildman–Crippen LogP) is 7.20. The minimum atomic E-state index is -5.03. The van der Waals surface area contributed by atoms with E-state index in [4.69, 9.17) is 4.74 Å². The summed E-state index contributed by atoms with van der Waals surface area (Å²) in [5, 5.41) is 3.25. The van der Waals surface area contributed by atoms with Crippen molar-refractivity contribution in [2.45, 2.75) is 30.6 Å². The average Bonchev–Trinajstić information content (AvgIpc) is 2.92. The van der Waals surface area contributed by atoms with Crippen LogP contribution in [0.25, 0.3) is 0 Å². The number of hydrogen-bond donors (Lipinski definition) is 1. The summed E-state index contributed by atoms with van der Waals surface area (Å²) in [5.41, 5.74) is -0.753. The zero-order valence-corrected chi connectivity index (χ0v) is 21.1. The van der Waals surface area contributed by atoms with Crippen molar-refractivity contribution in [1.82, 2.24) is 4.90 Å². The van der Waals surface area contributed by atoms with Gasteiger partial charge in [-0.25, -0.2) is 0 Å². The first-order valence-corrected chi connectivity index (χ1v) is 12.4. The lowest BCUT2D eigenvalue weighted by molar-refractivity contribution is -0.143. The lowest BCUT2D eigenvalue weighted by Gasteiger charge is -2.39. The molecule has 4 rings (SSSR count). The van der Waals surface area contributed by atoms with Crippen molar-refractivity contribution in [2.75, 3.05) is 38.7 Å². The van der Waals surface area contributed by atoms with Gasteiger partial charge in [-0.3, -0.25) is 4.79 Å². The van der Waals surface area contributed by atoms with Gasteiger partial charge in [0, 0.05) is 43.9 Å². The van der Waals surface area contributed by atoms with Crippen LogP contribution in [0.1, 0.15) is 50.9 Å². The first kappa shape index (κ1) is 28.5. The fourth-order valence-corrected chi connectivity index (χ4v) is 4.98. The third kappa shape index (κ3) is 6.92. The highest BCUT2D eigenvalue weighted by atomic mass is 19.4. The second-order valence-electron chi connectivity index (χ2n) is 9.50. The monoisotopic (exact) mass is 550 g/mol. The third-order valence-corrected chi connectivity index (χ3v) is 6.94. The number of nitrogens with zero attached hydrogens (tertiary/aromatic N) is 1. The van der Waals surface area contributed by atoms with Gasteiger partial charge < -0.3 is 15.0 Å². The average molecular weight is 551 g/mol. The second kappa shape index (κ2) is 11.7. The summed E-state index contributed by atoms with van der Waals surface area (Å²) in [6.07, 6.45) is -9.56. The predicted molar refractivity (Wildman–Crippen MR) is 136 cm³/mol. The van der Waals surface area contributed by atoms with Crippen LogP contribution in [0.15, 0.2) is 72.8 Å². The van der Waals surface area contributed by atoms with Gasteiger partial charge in [0.25, 0.3) is 5.91 Å². The molecule has 1 amide bonds. The summed E-state index contributed by atoms with van der Waals surface area (Å²) in [7, 11) is 1.62. The Labute approximate surface area is 222 Å². The first-order valence-electron chi connectivity index (χ1n) is 12.4. The zero-order valence-electron chi connectivity index (χ0n) is 21.1. The van der Waals surface area contributed by atoms with Crippen LogP contribution in [-0.2, 0) is 17.1 Å². The summed E-state index contributed by atoms with van der Waals surface area (Å²) in [6.45, 7) is 1.55. The molecule has 1 saturated heterocycles. The number of ether oxygens (including phenoxy) is 1. The molecule has 0 unspecified atom stereocenters. The Morgan fingerprint density at radius 1 is 0.872 bits per heavy atom. The number of piperidine rings is 1. The van der Waals surface area contributed by atoms with Gasteiger partial charge in [0.15, 0.2) is 0 Å². The van der Waals surface area contributed by atoms with Crippen LogP contribution in [0.5, 0.6) is 0 Å². The number of rotatable bonds is 7. The number of carbonyl (C=O) groups excluding carboxylic acids is 1. The molecule has 39 heavy (non-hydrogen) atoms. The number of benzene rings is 3. The molecule has 208 valence electrons. The Kier molecular flexibility index (Phi) is 8.54. The van der Waals surface area contributed by atoms with E-state index in [2.05, 4.69) is 5.32 Å². The molecule has 0 radical (unpaired) electrons. The lowest BCUT2D eigenvalue weighted by Crippen LogP contribution is -2.42. The maximum Gasteiger partial charge on any atom is 0.416 e. The van der Waals surface area contributed by atoms with Crippen molar-refractivity contribution in [3.05, 3.63) is 101 Å². The van der Waals surface area contributed by atoms with Crippen LogP contribution in [0.4, 0.5) is 32.0 Å². The molecule has 1 aliphatic rings. The van der Waals surface area contributed by atoms with Crippen molar-refractivity contribution in [2.24, 2.45) is 0 Å². The van der Waals surface area contributed by atoms with Crippen molar-refractivity contribution in [3.63, 3.8) is 0 Å². The van der Waals surface area contributed by atoms with Crippen LogP contribution < -0.4 is 5.32 Å². The highest BCUT2D eigenvalue weighted by molar-refractivity contribution is 5.95. The highest BCUT2D eigenvalue weighted by Gasteiger charge is 2.39. The number of likely N-dealkylation sites (tertiary alicyclic amines) is 1. The quantitative estimate of drug-likeness (QED) is 0.250. The maximum absolute atomic E-state index is 13.4. The van der Waals surface area contributed by atoms with Crippen molar-refractivity contribution in [3.8, 4) is 0 Å². The molecule has 1 aliphatic heterocycles. The number of halogens is 6. The summed E-state index contributed by atoms with van der Waals surface area (Å²) in [6, 6.07) is 18.3. The first-order chi connectivity index (χ1) is 18.5. The molecule has 1 fully saturated rings. The van der Waals surface area contributed by atoms with Gasteiger partial charge >= 0.3 is 12.4 Å². The smallest absolute Gasteiger partial charge is 0.383 e. The van der Waals surface area contributed by atoms with Crippen LogP contribution >= 0.6 is 0 Å². The molecule has 4 nitrogen and oxygen atoms in total. The third-order valence-electron chi connectivity index (χ3n) is 6.94. The molecular formula is C29H28F6N2O2. The molecule has 0 saturated carbocycles. The van der Waals surface area contributed by atoms with E-state index in [1.807, 2.05) is 54.6 Å². The number of methoxy groups -OCH3 is 1. The summed E-state index contributed by atoms with van der Waals surface area (Å²) in [4.78, 5) is 14.7. The molecule has 3 aromatic carbocycles. The van der Waals surface area contributed by atoms with Gasteiger partial charge in [-0.05, 0) is 53.8 Å². The Balaban J connectivity index is 1.62. The van der Waals surface area contributed by atoms with Gasteiger partial charge in [0.2, 0.25) is 0 Å². The Hall–Kier alpha value is -3.53. The molecule has 0 bridgehead atoms. The number of alkyl halides is 6. The van der Waals surface area contributed by atoms with E-state index < -0.39 is 35.0 Å². The van der Waals surface area contributed by atoms with Crippen molar-refractivity contribution >= 4 is 11.6 Å². The molecule has 1 heterocycles. The molecule has 10 heteroatoms. The van der Waals surface area contributed by atoms with E-state index in [1.54, 1.807) is 7.11 Å². The normalized spacial score (nSPS) is 18.2. The molecular weight excluding hydrogens is 522 g/mol. The summed E-state index contributed by atoms with van der Waals surface area (Å²) < 4.78 is 85.3. The SMILES string of the molecule is COCCNc1ccc([C@H]2CCN(C(=O)c3cc(C(F)(F)F)cc(C(F)(F)F)c3)C[C@H]2c2ccccc2)cc1. The number of nitrogens with one attached hydrogen (secondary N) is 1. The van der Waals surface area contributed by atoms with Gasteiger partial charge in [-0.15, -0.1) is 0 Å². The standard InChI is InChI=1S/C29H28F6N2O2/c1-39-14-12-36-24-9-7-20(8-10-24)25-11-13-37(18-26(25)19-5-3-2-4-6-19)27(38)21-15-22(28(30,31)32)17-23(16-21)29(33,34)35/h2-10,15-17,25-26,36H,11-14,18H2,1H3/t25-,26+/m1/s1. The fourth-order valence-electron chi connectivity index (χ4n) is 4.98. The van der Waals surface area contributed by atoms with Gasteiger partial charge in [-0.1, -0.05) is 42.5 Å². The number of carbonyl (C=O) groups is 1. The Morgan fingerprint density at radius 2 is 1.46 bits per heavy atom. The van der Waals surface area contributed by atoms with E-state index in [0.29, 0.717) is 31.7 Å². The Morgan fingerprint density at radius 3 is 2.03 bits per heavy atom. The number of anilines is 1. The molecule has 0 spiro atoms. The van der Waals surface area contributed by atoms with Gasteiger partial charge in [0.05, 0.1) is 17.7 Å². The molecule has 3 aromatic rings. The number of amides is 1. The Bertz CT molecular complexity index is 1230. The minimum absolute atomic E-state index is 0.00304. The zero-order chi connectivity index (χ0) is 28.2. The molecule has 2 atom stereocenters. The summed E-state index contributed by atoms with van der Waals surface area (Å²) in [5.74, 6) is -1.07. The van der Waals surface area contributed by atoms with E-state index in [-0.39, 0.29) is 31.0 Å². The van der Waals surface area contributed by atoms with Crippen LogP contribution in [-0.4, -0.2) is 44.2 Å². The lowest BCUT2D eigenvalue weighted by atomic mass is 9.76. The molecule has 0 aromatic heterocycles. The van der Waals surface area contributed by atoms with E-state index >= 15 is 0 Å². The largest absolute Gasteiger partial charge is 0.416 e. The van der Waals surface area contributed by atoms with Crippen LogP contribution in [0.2, 0.25) is 0 Å². The number of hydrogen-bond acceptors (Lipinski definition) is 3. The minimum Gasteiger partial charge on any atom is -0.383 e. The summed E-state index contributed by atoms with van der Waals surface area (Å²) >= 11 is 0. The van der Waals surface area contributed by atoms with E-state index in [9.17, 15) is 31.1 Å². The fraction of sp³-hybridized carbons (Fsp3) is 0.345. The van der Waals surface area contributed by atoms with Crippen molar-refractivity contribution in [1.29, 1.82) is 0 Å². The van der Waals surface area contributed by atoms with Gasteiger partial charge in [0.1, 0.15) is 0 Å². The maximum atomic E-state index is 13.4. The van der Waals surface area contributed by atoms with Gasteiger partial charge in [-0.2, -0.15) is 26.3 Å². The van der Waals surface area contributed by atoms with Crippen molar-refractivity contribution < 1.29 is 35.9 Å².